The molecule has 0 aliphatic carbocycles. The second kappa shape index (κ2) is 6.85. The zero-order valence-corrected chi connectivity index (χ0v) is 14.7. The number of carbonyl (C=O) groups excluding carboxylic acids is 1. The van der Waals surface area contributed by atoms with Gasteiger partial charge in [0.25, 0.3) is 11.7 Å². The van der Waals surface area contributed by atoms with E-state index in [1.807, 2.05) is 0 Å². The van der Waals surface area contributed by atoms with Crippen molar-refractivity contribution in [2.45, 2.75) is 16.8 Å². The molecule has 3 aromatic rings. The molecule has 0 saturated heterocycles. The number of rotatable bonds is 5. The summed E-state index contributed by atoms with van der Waals surface area (Å²) in [5, 5.41) is 3.48. The lowest BCUT2D eigenvalue weighted by Gasteiger charge is -2.01. The molecule has 0 N–H and O–H groups in total. The van der Waals surface area contributed by atoms with E-state index in [4.69, 9.17) is 4.52 Å². The molecule has 0 bridgehead atoms. The van der Waals surface area contributed by atoms with E-state index in [0.717, 1.165) is 30.3 Å². The van der Waals surface area contributed by atoms with E-state index in [-0.39, 0.29) is 21.5 Å². The first-order valence-corrected chi connectivity index (χ1v) is 9.56. The number of alkyl halides is 3. The maximum Gasteiger partial charge on any atom is 0.455 e. The second-order valence-corrected chi connectivity index (χ2v) is 8.29. The van der Waals surface area contributed by atoms with Gasteiger partial charge in [-0.25, -0.2) is 12.8 Å². The van der Waals surface area contributed by atoms with Gasteiger partial charge in [0.2, 0.25) is 0 Å². The zero-order valence-electron chi connectivity index (χ0n) is 13.0. The fourth-order valence-corrected chi connectivity index (χ4v) is 4.08. The van der Waals surface area contributed by atoms with Crippen LogP contribution in [0, 0.1) is 5.82 Å². The van der Waals surface area contributed by atoms with E-state index in [1.54, 1.807) is 0 Å². The number of carbonyl (C=O) groups is 1. The Hall–Kier alpha value is -2.60. The van der Waals surface area contributed by atoms with Crippen LogP contribution in [0.2, 0.25) is 0 Å². The third kappa shape index (κ3) is 4.22. The van der Waals surface area contributed by atoms with Crippen LogP contribution in [0.25, 0.3) is 10.8 Å². The first-order chi connectivity index (χ1) is 12.6. The maximum atomic E-state index is 12.9. The number of benzene rings is 1. The minimum absolute atomic E-state index is 0.0838. The monoisotopic (exact) mass is 420 g/mol. The molecule has 0 spiro atoms. The molecule has 0 aliphatic rings. The molecule has 0 radical (unpaired) electrons. The van der Waals surface area contributed by atoms with Gasteiger partial charge in [0.15, 0.2) is 15.7 Å². The van der Waals surface area contributed by atoms with Crippen molar-refractivity contribution in [1.82, 2.24) is 10.1 Å². The molecule has 12 heteroatoms. The summed E-state index contributed by atoms with van der Waals surface area (Å²) < 4.78 is 79.6. The largest absolute Gasteiger partial charge is 0.455 e. The molecule has 0 unspecified atom stereocenters. The topological polar surface area (TPSA) is 90.1 Å². The highest BCUT2D eigenvalue weighted by Gasteiger charge is 2.40. The third-order valence-corrected chi connectivity index (χ3v) is 5.96. The summed E-state index contributed by atoms with van der Waals surface area (Å²) in [5.74, 6) is -3.70. The Morgan fingerprint density at radius 3 is 2.41 bits per heavy atom. The molecular formula is C15H8F4N2O4S2. The fourth-order valence-electron chi connectivity index (χ4n) is 2.02. The number of sulfone groups is 1. The van der Waals surface area contributed by atoms with Crippen molar-refractivity contribution in [1.29, 1.82) is 0 Å². The number of aromatic nitrogens is 2. The summed E-state index contributed by atoms with van der Waals surface area (Å²) >= 11 is 0.493. The Bertz CT molecular complexity index is 1090. The fraction of sp³-hybridized carbons (Fsp3) is 0.133. The van der Waals surface area contributed by atoms with Gasteiger partial charge in [-0.05, 0) is 36.4 Å². The van der Waals surface area contributed by atoms with Crippen LogP contribution >= 0.6 is 11.3 Å². The highest BCUT2D eigenvalue weighted by molar-refractivity contribution is 7.90. The molecule has 0 aliphatic heterocycles. The Kier molecular flexibility index (Phi) is 4.86. The van der Waals surface area contributed by atoms with Crippen LogP contribution in [0.5, 0.6) is 0 Å². The highest BCUT2D eigenvalue weighted by Crippen LogP contribution is 2.31. The SMILES string of the molecule is O=C(c1ccc(-c2nc(CS(=O)(=O)c3ccc(F)cc3)no2)s1)C(F)(F)F. The average Bonchev–Trinajstić information content (AvgIpc) is 3.22. The standard InChI is InChI=1S/C15H8F4N2O4S2/c16-8-1-3-9(4-2-8)27(23,24)7-12-20-14(25-21-12)11-6-5-10(26-11)13(22)15(17,18)19/h1-6H,7H2. The number of nitrogens with zero attached hydrogens (tertiary/aromatic N) is 2. The number of Topliss-reactive ketones (excluding diaryl/α,β-unsaturated/α-hetero) is 1. The van der Waals surface area contributed by atoms with Crippen LogP contribution in [0.3, 0.4) is 0 Å². The van der Waals surface area contributed by atoms with E-state index < -0.39 is 38.2 Å². The van der Waals surface area contributed by atoms with Crippen LogP contribution in [-0.4, -0.2) is 30.5 Å². The Morgan fingerprint density at radius 1 is 1.11 bits per heavy atom. The van der Waals surface area contributed by atoms with Gasteiger partial charge in [0, 0.05) is 0 Å². The van der Waals surface area contributed by atoms with Crippen LogP contribution in [-0.2, 0) is 15.6 Å². The normalized spacial score (nSPS) is 12.3. The molecule has 0 saturated carbocycles. The number of halogens is 4. The molecule has 0 fully saturated rings. The van der Waals surface area contributed by atoms with Crippen molar-refractivity contribution in [3.63, 3.8) is 0 Å². The van der Waals surface area contributed by atoms with Crippen LogP contribution in [0.15, 0.2) is 45.8 Å². The summed E-state index contributed by atoms with van der Waals surface area (Å²) in [4.78, 5) is 14.4. The van der Waals surface area contributed by atoms with Gasteiger partial charge in [-0.1, -0.05) is 5.16 Å². The quantitative estimate of drug-likeness (QED) is 0.356. The van der Waals surface area contributed by atoms with Crippen LogP contribution in [0.4, 0.5) is 17.6 Å². The van der Waals surface area contributed by atoms with E-state index in [1.165, 1.54) is 6.07 Å². The molecule has 27 heavy (non-hydrogen) atoms. The summed E-state index contributed by atoms with van der Waals surface area (Å²) in [6.07, 6.45) is -5.01. The Labute approximate surface area is 153 Å². The van der Waals surface area contributed by atoms with Crippen molar-refractivity contribution in [3.05, 3.63) is 52.9 Å². The molecule has 2 aromatic heterocycles. The molecule has 0 atom stereocenters. The molecule has 6 nitrogen and oxygen atoms in total. The zero-order chi connectivity index (χ0) is 19.8. The first-order valence-electron chi connectivity index (χ1n) is 7.09. The average molecular weight is 420 g/mol. The Balaban J connectivity index is 1.80. The Morgan fingerprint density at radius 2 is 1.78 bits per heavy atom. The second-order valence-electron chi connectivity index (χ2n) is 5.22. The predicted molar refractivity (Wildman–Crippen MR) is 85.3 cm³/mol. The van der Waals surface area contributed by atoms with Gasteiger partial charge in [-0.3, -0.25) is 4.79 Å². The van der Waals surface area contributed by atoms with E-state index in [0.29, 0.717) is 11.3 Å². The van der Waals surface area contributed by atoms with Crippen molar-refractivity contribution in [3.8, 4) is 10.8 Å². The number of hydrogen-bond donors (Lipinski definition) is 0. The summed E-state index contributed by atoms with van der Waals surface area (Å²) in [6.45, 7) is 0. The maximum absolute atomic E-state index is 12.9. The molecule has 3 rings (SSSR count). The highest BCUT2D eigenvalue weighted by atomic mass is 32.2. The molecular weight excluding hydrogens is 412 g/mol. The van der Waals surface area contributed by atoms with Crippen molar-refractivity contribution in [2.24, 2.45) is 0 Å². The summed E-state index contributed by atoms with van der Waals surface area (Å²) in [7, 11) is -3.88. The number of hydrogen-bond acceptors (Lipinski definition) is 7. The lowest BCUT2D eigenvalue weighted by atomic mass is 10.3. The predicted octanol–water partition coefficient (Wildman–Crippen LogP) is 3.66. The van der Waals surface area contributed by atoms with E-state index in [2.05, 4.69) is 10.1 Å². The molecule has 0 amide bonds. The van der Waals surface area contributed by atoms with Crippen molar-refractivity contribution >= 4 is 27.0 Å². The van der Waals surface area contributed by atoms with Gasteiger partial charge >= 0.3 is 6.18 Å². The number of thiophene rings is 1. The lowest BCUT2D eigenvalue weighted by molar-refractivity contribution is -0.0882. The summed E-state index contributed by atoms with van der Waals surface area (Å²) in [6, 6.07) is 6.29. The molecule has 2 heterocycles. The minimum Gasteiger partial charge on any atom is -0.333 e. The van der Waals surface area contributed by atoms with Gasteiger partial charge in [0.1, 0.15) is 11.6 Å². The van der Waals surface area contributed by atoms with E-state index in [9.17, 15) is 30.8 Å². The van der Waals surface area contributed by atoms with Crippen molar-refractivity contribution in [2.75, 3.05) is 0 Å². The molecule has 142 valence electrons. The number of ketones is 1. The smallest absolute Gasteiger partial charge is 0.333 e. The third-order valence-electron chi connectivity index (χ3n) is 3.26. The van der Waals surface area contributed by atoms with Gasteiger partial charge in [-0.15, -0.1) is 11.3 Å². The minimum atomic E-state index is -5.01. The van der Waals surface area contributed by atoms with Crippen LogP contribution in [0.1, 0.15) is 15.5 Å². The van der Waals surface area contributed by atoms with Crippen molar-refractivity contribution < 1.29 is 35.3 Å². The van der Waals surface area contributed by atoms with Gasteiger partial charge in [0.05, 0.1) is 14.6 Å². The van der Waals surface area contributed by atoms with Gasteiger partial charge < -0.3 is 4.52 Å². The lowest BCUT2D eigenvalue weighted by Crippen LogP contribution is -2.21. The summed E-state index contributed by atoms with van der Waals surface area (Å²) in [5.41, 5.74) is 0. The van der Waals surface area contributed by atoms with E-state index >= 15 is 0 Å². The van der Waals surface area contributed by atoms with Crippen LogP contribution < -0.4 is 0 Å². The van der Waals surface area contributed by atoms with Gasteiger partial charge in [-0.2, -0.15) is 18.2 Å². The molecule has 1 aromatic carbocycles. The first kappa shape index (κ1) is 19.2.